The van der Waals surface area contributed by atoms with Crippen molar-refractivity contribution in [3.8, 4) is 17.6 Å². The average Bonchev–Trinajstić information content (AvgIpc) is 3.56. The van der Waals surface area contributed by atoms with Crippen molar-refractivity contribution in [3.05, 3.63) is 98.6 Å². The highest BCUT2D eigenvalue weighted by Gasteiger charge is 2.67. The number of halogens is 2. The number of nitrogens with zero attached hydrogens (tertiary/aromatic N) is 5. The number of carbonyl (C=O) groups is 5. The summed E-state index contributed by atoms with van der Waals surface area (Å²) in [6.45, 7) is 18.8. The van der Waals surface area contributed by atoms with E-state index in [0.29, 0.717) is 28.6 Å². The van der Waals surface area contributed by atoms with Crippen LogP contribution in [0.5, 0.6) is 5.75 Å². The van der Waals surface area contributed by atoms with Gasteiger partial charge in [-0.3, -0.25) is 39.1 Å². The molecule has 5 amide bonds. The van der Waals surface area contributed by atoms with Crippen LogP contribution in [0.2, 0.25) is 5.02 Å². The van der Waals surface area contributed by atoms with Crippen LogP contribution < -0.4 is 15.0 Å². The van der Waals surface area contributed by atoms with E-state index in [4.69, 9.17) is 22.9 Å². The molecule has 58 heavy (non-hydrogen) atoms. The van der Waals surface area contributed by atoms with Crippen LogP contribution in [-0.4, -0.2) is 94.6 Å². The zero-order valence-corrected chi connectivity index (χ0v) is 33.2. The Labute approximate surface area is 340 Å². The van der Waals surface area contributed by atoms with Gasteiger partial charge in [-0.05, 0) is 54.4 Å². The molecule has 5 aliphatic heterocycles. The van der Waals surface area contributed by atoms with Crippen molar-refractivity contribution in [1.29, 1.82) is 0 Å². The molecule has 3 saturated heterocycles. The van der Waals surface area contributed by atoms with Gasteiger partial charge in [-0.1, -0.05) is 57.2 Å². The molecule has 0 aromatic heterocycles. The van der Waals surface area contributed by atoms with Crippen molar-refractivity contribution in [2.24, 2.45) is 16.7 Å². The molecule has 0 bridgehead atoms. The molecule has 3 aromatic carbocycles. The minimum atomic E-state index is -1.00. The summed E-state index contributed by atoms with van der Waals surface area (Å²) in [5.74, 6) is 4.10. The predicted octanol–water partition coefficient (Wildman–Crippen LogP) is 5.44. The lowest BCUT2D eigenvalue weighted by molar-refractivity contribution is -0.199. The molecule has 12 nitrogen and oxygen atoms in total. The molecule has 14 heteroatoms. The van der Waals surface area contributed by atoms with Gasteiger partial charge < -0.3 is 14.5 Å². The Balaban J connectivity index is 0.798. The Kier molecular flexibility index (Phi) is 8.73. The van der Waals surface area contributed by atoms with Crippen LogP contribution in [0.15, 0.2) is 48.5 Å². The highest BCUT2D eigenvalue weighted by molar-refractivity contribution is 6.33. The van der Waals surface area contributed by atoms with Crippen LogP contribution >= 0.6 is 11.6 Å². The number of piperidine rings is 1. The molecule has 296 valence electrons. The largest absolute Gasteiger partial charge is 0.489 e. The number of hydrogen-bond donors (Lipinski definition) is 1. The Morgan fingerprint density at radius 3 is 2.31 bits per heavy atom. The van der Waals surface area contributed by atoms with Gasteiger partial charge in [-0.15, -0.1) is 0 Å². The second kappa shape index (κ2) is 13.4. The first kappa shape index (κ1) is 37.8. The average molecular weight is 803 g/mol. The lowest BCUT2D eigenvalue weighted by Gasteiger charge is -2.65. The zero-order valence-electron chi connectivity index (χ0n) is 32.4. The number of carbonyl (C=O) groups excluding carboxylic acids is 5. The summed E-state index contributed by atoms with van der Waals surface area (Å²) < 4.78 is 21.9. The second-order valence-corrected chi connectivity index (χ2v) is 17.8. The number of anilines is 1. The maximum Gasteiger partial charge on any atom is 0.262 e. The summed E-state index contributed by atoms with van der Waals surface area (Å²) in [5.41, 5.74) is 2.17. The number of likely N-dealkylation sites (tertiary alicyclic amines) is 1. The van der Waals surface area contributed by atoms with Crippen LogP contribution in [0, 0.1) is 41.0 Å². The van der Waals surface area contributed by atoms with Crippen molar-refractivity contribution in [3.63, 3.8) is 0 Å². The number of nitrogens with one attached hydrogen (secondary N) is 1. The third-order valence-electron chi connectivity index (χ3n) is 12.9. The fraction of sp³-hybridized carbons (Fsp3) is 0.409. The number of rotatable bonds is 6. The molecular formula is C44H40ClFN6O6. The molecule has 6 aliphatic rings. The van der Waals surface area contributed by atoms with Gasteiger partial charge in [0, 0.05) is 79.2 Å². The molecule has 1 atom stereocenters. The van der Waals surface area contributed by atoms with E-state index in [9.17, 15) is 24.0 Å². The highest BCUT2D eigenvalue weighted by Crippen LogP contribution is 2.59. The van der Waals surface area contributed by atoms with Gasteiger partial charge in [0.25, 0.3) is 17.7 Å². The van der Waals surface area contributed by atoms with Gasteiger partial charge in [-0.2, -0.15) is 0 Å². The van der Waals surface area contributed by atoms with Crippen LogP contribution in [-0.2, 0) is 16.1 Å². The van der Waals surface area contributed by atoms with Crippen molar-refractivity contribution < 1.29 is 33.1 Å². The zero-order chi connectivity index (χ0) is 41.0. The molecule has 3 aromatic rings. The van der Waals surface area contributed by atoms with E-state index in [2.05, 4.69) is 59.5 Å². The van der Waals surface area contributed by atoms with Gasteiger partial charge in [0.15, 0.2) is 0 Å². The number of imide groups is 2. The summed E-state index contributed by atoms with van der Waals surface area (Å²) in [7, 11) is 0. The molecule has 1 aliphatic carbocycles. The van der Waals surface area contributed by atoms with Crippen LogP contribution in [0.25, 0.3) is 4.85 Å². The van der Waals surface area contributed by atoms with E-state index in [-0.39, 0.29) is 59.5 Å². The molecule has 0 spiro atoms. The number of amides is 5. The molecule has 0 radical (unpaired) electrons. The predicted molar refractivity (Wildman–Crippen MR) is 211 cm³/mol. The van der Waals surface area contributed by atoms with E-state index in [1.807, 2.05) is 11.0 Å². The van der Waals surface area contributed by atoms with Crippen LogP contribution in [0.1, 0.15) is 82.7 Å². The standard InChI is InChI=1S/C44H40ClFN6O6/c1-43(2)41(44(3,4)42(43)58-28-9-11-34(47-5)32(45)16-28)51-20-25-14-24(33(46)17-30(25)38(51)55)7-6-23-18-49(19-23)27-21-50(22-27)26-8-10-29-31(15-26)40(57)52(39(29)56)35-12-13-36(53)48-37(35)54/h8-11,14-17,23,27,35,41-42H,12-13,18-22H2,1-4H3,(H,48,53,54). The molecular weight excluding hydrogens is 763 g/mol. The molecule has 4 fully saturated rings. The molecule has 1 saturated carbocycles. The lowest BCUT2D eigenvalue weighted by atomic mass is 9.49. The lowest BCUT2D eigenvalue weighted by Crippen LogP contribution is -2.74. The fourth-order valence-corrected chi connectivity index (χ4v) is 10.5. The van der Waals surface area contributed by atoms with E-state index in [1.165, 1.54) is 6.07 Å². The van der Waals surface area contributed by atoms with Gasteiger partial charge in [0.1, 0.15) is 23.7 Å². The maximum absolute atomic E-state index is 15.4. The quantitative estimate of drug-likeness (QED) is 0.199. The van der Waals surface area contributed by atoms with E-state index in [0.717, 1.165) is 42.3 Å². The highest BCUT2D eigenvalue weighted by atomic mass is 35.5. The Morgan fingerprint density at radius 1 is 0.897 bits per heavy atom. The first-order chi connectivity index (χ1) is 27.6. The van der Waals surface area contributed by atoms with E-state index >= 15 is 4.39 Å². The summed E-state index contributed by atoms with van der Waals surface area (Å²) in [5, 5.41) is 2.54. The number of benzene rings is 3. The summed E-state index contributed by atoms with van der Waals surface area (Å²) >= 11 is 6.27. The Bertz CT molecular complexity index is 2460. The topological polar surface area (TPSA) is 124 Å². The first-order valence-electron chi connectivity index (χ1n) is 19.4. The van der Waals surface area contributed by atoms with Gasteiger partial charge >= 0.3 is 0 Å². The van der Waals surface area contributed by atoms with Crippen molar-refractivity contribution >= 4 is 52.5 Å². The van der Waals surface area contributed by atoms with Gasteiger partial charge in [0.2, 0.25) is 17.5 Å². The monoisotopic (exact) mass is 802 g/mol. The maximum atomic E-state index is 15.4. The van der Waals surface area contributed by atoms with Crippen molar-refractivity contribution in [2.75, 3.05) is 31.1 Å². The number of ether oxygens (including phenoxy) is 1. The SMILES string of the molecule is [C-]#[N+]c1ccc(OC2C(C)(C)C(N3Cc4cc(C#CC5CN(C6CN(c7ccc8c(c7)C(=O)N(C7CCC(=O)NC7=O)C8=O)C6)C5)c(F)cc4C3=O)C2(C)C)cc1Cl. The van der Waals surface area contributed by atoms with Crippen molar-refractivity contribution in [2.45, 2.75) is 71.3 Å². The summed E-state index contributed by atoms with van der Waals surface area (Å²) in [6, 6.07) is 12.3. The molecule has 5 heterocycles. The first-order valence-corrected chi connectivity index (χ1v) is 19.8. The third-order valence-corrected chi connectivity index (χ3v) is 13.2. The third kappa shape index (κ3) is 5.85. The van der Waals surface area contributed by atoms with Gasteiger partial charge in [-0.25, -0.2) is 9.24 Å². The fourth-order valence-electron chi connectivity index (χ4n) is 10.3. The Hall–Kier alpha value is -5.76. The molecule has 1 N–H and O–H groups in total. The second-order valence-electron chi connectivity index (χ2n) is 17.3. The Morgan fingerprint density at radius 2 is 1.62 bits per heavy atom. The number of hydrogen-bond acceptors (Lipinski definition) is 8. The molecule has 9 rings (SSSR count). The van der Waals surface area contributed by atoms with Crippen molar-refractivity contribution in [1.82, 2.24) is 20.0 Å². The normalized spacial score (nSPS) is 24.9. The van der Waals surface area contributed by atoms with E-state index in [1.54, 1.807) is 36.4 Å². The minimum absolute atomic E-state index is 0.0663. The summed E-state index contributed by atoms with van der Waals surface area (Å²) in [6.07, 6.45) is -0.0797. The smallest absolute Gasteiger partial charge is 0.262 e. The minimum Gasteiger partial charge on any atom is -0.489 e. The van der Waals surface area contributed by atoms with E-state index < -0.39 is 46.3 Å². The summed E-state index contributed by atoms with van der Waals surface area (Å²) in [4.78, 5) is 74.8. The molecule has 1 unspecified atom stereocenters. The van der Waals surface area contributed by atoms with Gasteiger partial charge in [0.05, 0.1) is 28.3 Å². The van der Waals surface area contributed by atoms with Crippen LogP contribution in [0.4, 0.5) is 15.8 Å². The van der Waals surface area contributed by atoms with Crippen LogP contribution in [0.3, 0.4) is 0 Å². The number of fused-ring (bicyclic) bond motifs is 2.